The van der Waals surface area contributed by atoms with Gasteiger partial charge in [0.05, 0.1) is 19.8 Å². The van der Waals surface area contributed by atoms with Gasteiger partial charge in [-0.05, 0) is 12.1 Å². The molecule has 1 amide bonds. The lowest BCUT2D eigenvalue weighted by Gasteiger charge is -2.08. The maximum absolute atomic E-state index is 11.1. The fourth-order valence-electron chi connectivity index (χ4n) is 1.66. The van der Waals surface area contributed by atoms with E-state index < -0.39 is 5.91 Å². The Morgan fingerprint density at radius 3 is 2.20 bits per heavy atom. The molecule has 0 atom stereocenters. The first-order valence-corrected chi connectivity index (χ1v) is 5.71. The van der Waals surface area contributed by atoms with E-state index in [0.29, 0.717) is 22.9 Å². The van der Waals surface area contributed by atoms with Gasteiger partial charge in [-0.25, -0.2) is 9.97 Å². The van der Waals surface area contributed by atoms with E-state index in [0.717, 1.165) is 0 Å². The Labute approximate surface area is 115 Å². The molecule has 104 valence electrons. The Hall–Kier alpha value is -2.83. The number of nitrogens with two attached hydrogens (primary N) is 2. The normalized spacial score (nSPS) is 10.1. The first kappa shape index (κ1) is 13.6. The first-order valence-electron chi connectivity index (χ1n) is 5.71. The van der Waals surface area contributed by atoms with Crippen molar-refractivity contribution in [1.29, 1.82) is 0 Å². The summed E-state index contributed by atoms with van der Waals surface area (Å²) in [6.45, 7) is 0. The van der Waals surface area contributed by atoms with Crippen LogP contribution in [0.4, 0.5) is 5.82 Å². The molecule has 0 radical (unpaired) electrons. The maximum Gasteiger partial charge on any atom is 0.254 e. The molecular formula is C13H14N4O3. The van der Waals surface area contributed by atoms with E-state index in [1.54, 1.807) is 32.4 Å². The third kappa shape index (κ3) is 2.61. The Kier molecular flexibility index (Phi) is 3.69. The smallest absolute Gasteiger partial charge is 0.254 e. The molecule has 20 heavy (non-hydrogen) atoms. The lowest BCUT2D eigenvalue weighted by Crippen LogP contribution is -2.15. The third-order valence-electron chi connectivity index (χ3n) is 2.69. The second-order valence-electron chi connectivity index (χ2n) is 3.96. The molecule has 0 aliphatic heterocycles. The number of primary amides is 1. The molecule has 0 saturated carbocycles. The zero-order valence-corrected chi connectivity index (χ0v) is 11.1. The number of carbonyl (C=O) groups is 1. The minimum absolute atomic E-state index is 0.0317. The van der Waals surface area contributed by atoms with Gasteiger partial charge in [-0.1, -0.05) is 0 Å². The zero-order chi connectivity index (χ0) is 14.7. The predicted octanol–water partition coefficient (Wildman–Crippen LogP) is 0.842. The fraction of sp³-hybridized carbons (Fsp3) is 0.154. The summed E-state index contributed by atoms with van der Waals surface area (Å²) in [5, 5.41) is 0. The Morgan fingerprint density at radius 2 is 1.75 bits per heavy atom. The summed E-state index contributed by atoms with van der Waals surface area (Å²) < 4.78 is 10.3. The van der Waals surface area contributed by atoms with E-state index in [1.165, 1.54) is 6.20 Å². The van der Waals surface area contributed by atoms with Crippen LogP contribution in [-0.4, -0.2) is 30.1 Å². The lowest BCUT2D eigenvalue weighted by molar-refractivity contribution is 0.100. The van der Waals surface area contributed by atoms with Crippen molar-refractivity contribution >= 4 is 11.7 Å². The van der Waals surface area contributed by atoms with E-state index in [9.17, 15) is 4.79 Å². The average molecular weight is 274 g/mol. The minimum atomic E-state index is -0.669. The monoisotopic (exact) mass is 274 g/mol. The molecule has 0 aliphatic carbocycles. The summed E-state index contributed by atoms with van der Waals surface area (Å²) in [7, 11) is 3.09. The molecule has 0 saturated heterocycles. The fourth-order valence-corrected chi connectivity index (χ4v) is 1.66. The highest BCUT2D eigenvalue weighted by Crippen LogP contribution is 2.28. The van der Waals surface area contributed by atoms with Gasteiger partial charge in [0.2, 0.25) is 0 Å². The van der Waals surface area contributed by atoms with Gasteiger partial charge in [-0.2, -0.15) is 0 Å². The number of carbonyl (C=O) groups excluding carboxylic acids is 1. The highest BCUT2D eigenvalue weighted by atomic mass is 16.5. The van der Waals surface area contributed by atoms with E-state index in [4.69, 9.17) is 20.9 Å². The summed E-state index contributed by atoms with van der Waals surface area (Å²) in [5.41, 5.74) is 11.6. The van der Waals surface area contributed by atoms with Crippen LogP contribution in [0.25, 0.3) is 11.4 Å². The maximum atomic E-state index is 11.1. The van der Waals surface area contributed by atoms with Gasteiger partial charge in [0, 0.05) is 17.8 Å². The topological polar surface area (TPSA) is 113 Å². The van der Waals surface area contributed by atoms with Gasteiger partial charge in [-0.15, -0.1) is 0 Å². The van der Waals surface area contributed by atoms with Crippen LogP contribution in [0.1, 0.15) is 10.4 Å². The van der Waals surface area contributed by atoms with Crippen molar-refractivity contribution in [1.82, 2.24) is 9.97 Å². The van der Waals surface area contributed by atoms with Gasteiger partial charge >= 0.3 is 0 Å². The van der Waals surface area contributed by atoms with Gasteiger partial charge in [0.15, 0.2) is 5.82 Å². The number of aromatic nitrogens is 2. The summed E-state index contributed by atoms with van der Waals surface area (Å²) in [5.74, 6) is 0.909. The predicted molar refractivity (Wildman–Crippen MR) is 73.5 cm³/mol. The molecule has 4 N–H and O–H groups in total. The van der Waals surface area contributed by atoms with Crippen LogP contribution in [0, 0.1) is 0 Å². The second kappa shape index (κ2) is 5.43. The Bertz CT molecular complexity index is 636. The number of anilines is 1. The highest BCUT2D eigenvalue weighted by molar-refractivity contribution is 5.96. The number of hydrogen-bond donors (Lipinski definition) is 2. The number of methoxy groups -OCH3 is 2. The largest absolute Gasteiger partial charge is 0.497 e. The number of benzene rings is 1. The van der Waals surface area contributed by atoms with Gasteiger partial charge in [0.25, 0.3) is 5.91 Å². The Balaban J connectivity index is 2.51. The molecule has 2 rings (SSSR count). The molecule has 7 nitrogen and oxygen atoms in total. The second-order valence-corrected chi connectivity index (χ2v) is 3.96. The summed E-state index contributed by atoms with van der Waals surface area (Å²) in [4.78, 5) is 19.2. The number of nitrogen functional groups attached to an aromatic ring is 1. The molecule has 7 heteroatoms. The number of amides is 1. The van der Waals surface area contributed by atoms with Crippen LogP contribution < -0.4 is 20.9 Å². The summed E-state index contributed by atoms with van der Waals surface area (Å²) in [6.07, 6.45) is 1.30. The van der Waals surface area contributed by atoms with Crippen molar-refractivity contribution in [2.45, 2.75) is 0 Å². The molecule has 1 aromatic heterocycles. The van der Waals surface area contributed by atoms with Crippen LogP contribution in [0.5, 0.6) is 11.5 Å². The number of ether oxygens (including phenoxy) is 2. The van der Waals surface area contributed by atoms with Crippen molar-refractivity contribution in [2.75, 3.05) is 20.0 Å². The number of nitrogens with zero attached hydrogens (tertiary/aromatic N) is 2. The lowest BCUT2D eigenvalue weighted by atomic mass is 10.1. The van der Waals surface area contributed by atoms with E-state index in [-0.39, 0.29) is 11.4 Å². The molecule has 1 aromatic carbocycles. The highest BCUT2D eigenvalue weighted by Gasteiger charge is 2.12. The Morgan fingerprint density at radius 1 is 1.15 bits per heavy atom. The number of rotatable bonds is 4. The van der Waals surface area contributed by atoms with E-state index >= 15 is 0 Å². The van der Waals surface area contributed by atoms with Crippen LogP contribution in [0.2, 0.25) is 0 Å². The third-order valence-corrected chi connectivity index (χ3v) is 2.69. The standard InChI is InChI=1S/C13H14N4O3/c1-19-8-3-7(4-9(5-8)20-2)13-16-6-10(12(15)18)11(14)17-13/h3-6H,1-2H3,(H2,15,18)(H2,14,16,17). The minimum Gasteiger partial charge on any atom is -0.497 e. The SMILES string of the molecule is COc1cc(OC)cc(-c2ncc(C(N)=O)c(N)n2)c1. The zero-order valence-electron chi connectivity index (χ0n) is 11.1. The summed E-state index contributed by atoms with van der Waals surface area (Å²) in [6, 6.07) is 5.20. The van der Waals surface area contributed by atoms with E-state index in [2.05, 4.69) is 9.97 Å². The van der Waals surface area contributed by atoms with Gasteiger partial charge < -0.3 is 20.9 Å². The first-order chi connectivity index (χ1) is 9.55. The van der Waals surface area contributed by atoms with Crippen molar-refractivity contribution in [3.8, 4) is 22.9 Å². The molecule has 1 heterocycles. The molecular weight excluding hydrogens is 260 g/mol. The van der Waals surface area contributed by atoms with Gasteiger partial charge in [-0.3, -0.25) is 4.79 Å². The number of hydrogen-bond acceptors (Lipinski definition) is 6. The van der Waals surface area contributed by atoms with Crippen LogP contribution in [-0.2, 0) is 0 Å². The van der Waals surface area contributed by atoms with E-state index in [1.807, 2.05) is 0 Å². The molecule has 0 unspecified atom stereocenters. The van der Waals surface area contributed by atoms with Crippen LogP contribution in [0.15, 0.2) is 24.4 Å². The summed E-state index contributed by atoms with van der Waals surface area (Å²) >= 11 is 0. The molecule has 0 bridgehead atoms. The van der Waals surface area contributed by atoms with Crippen molar-refractivity contribution in [3.63, 3.8) is 0 Å². The molecule has 0 fully saturated rings. The van der Waals surface area contributed by atoms with Gasteiger partial charge in [0.1, 0.15) is 17.3 Å². The quantitative estimate of drug-likeness (QED) is 0.854. The van der Waals surface area contributed by atoms with Crippen molar-refractivity contribution in [3.05, 3.63) is 30.0 Å². The molecule has 0 spiro atoms. The molecule has 2 aromatic rings. The molecule has 0 aliphatic rings. The van der Waals surface area contributed by atoms with Crippen LogP contribution >= 0.6 is 0 Å². The van der Waals surface area contributed by atoms with Crippen molar-refractivity contribution < 1.29 is 14.3 Å². The average Bonchev–Trinajstić information content (AvgIpc) is 2.46. The van der Waals surface area contributed by atoms with Crippen LogP contribution in [0.3, 0.4) is 0 Å². The van der Waals surface area contributed by atoms with Crippen molar-refractivity contribution in [2.24, 2.45) is 5.73 Å².